The molecule has 0 bridgehead atoms. The van der Waals surface area contributed by atoms with Crippen LogP contribution in [0.25, 0.3) is 0 Å². The Morgan fingerprint density at radius 2 is 2.22 bits per heavy atom. The van der Waals surface area contributed by atoms with Gasteiger partial charge < -0.3 is 14.4 Å². The lowest BCUT2D eigenvalue weighted by Gasteiger charge is -2.43. The maximum Gasteiger partial charge on any atom is 0.225 e. The molecule has 18 heavy (non-hydrogen) atoms. The summed E-state index contributed by atoms with van der Waals surface area (Å²) in [5.74, 6) is 0.206. The van der Waals surface area contributed by atoms with Gasteiger partial charge in [0, 0.05) is 25.5 Å². The van der Waals surface area contributed by atoms with Crippen LogP contribution in [0.15, 0.2) is 0 Å². The zero-order valence-electron chi connectivity index (χ0n) is 11.2. The molecule has 2 unspecified atom stereocenters. The van der Waals surface area contributed by atoms with Crippen LogP contribution in [0.4, 0.5) is 0 Å². The minimum Gasteiger partial charge on any atom is -0.378 e. The fourth-order valence-corrected chi connectivity index (χ4v) is 3.10. The second kappa shape index (κ2) is 5.88. The number of halogens is 1. The Bertz CT molecular complexity index is 301. The van der Waals surface area contributed by atoms with Gasteiger partial charge in [0.15, 0.2) is 0 Å². The lowest BCUT2D eigenvalue weighted by molar-refractivity contribution is -0.154. The van der Waals surface area contributed by atoms with E-state index in [4.69, 9.17) is 9.47 Å². The Kier molecular flexibility index (Phi) is 4.67. The Labute approximate surface area is 117 Å². The third kappa shape index (κ3) is 3.06. The maximum atomic E-state index is 12.3. The maximum absolute atomic E-state index is 12.3. The van der Waals surface area contributed by atoms with Crippen molar-refractivity contribution in [2.75, 3.05) is 25.5 Å². The number of hydrogen-bond acceptors (Lipinski definition) is 3. The molecule has 0 N–H and O–H groups in total. The molecule has 2 fully saturated rings. The molecule has 1 aliphatic carbocycles. The number of methoxy groups -OCH3 is 1. The lowest BCUT2D eigenvalue weighted by Crippen LogP contribution is -2.52. The molecule has 0 spiro atoms. The number of carbonyl (C=O) groups is 1. The Morgan fingerprint density at radius 3 is 2.72 bits per heavy atom. The van der Waals surface area contributed by atoms with Crippen LogP contribution in [0.1, 0.15) is 32.6 Å². The summed E-state index contributed by atoms with van der Waals surface area (Å²) >= 11 is 3.43. The summed E-state index contributed by atoms with van der Waals surface area (Å²) in [6.45, 7) is 3.40. The van der Waals surface area contributed by atoms with Gasteiger partial charge in [-0.3, -0.25) is 4.79 Å². The minimum atomic E-state index is -0.178. The average molecular weight is 320 g/mol. The highest BCUT2D eigenvalue weighted by Gasteiger charge is 2.41. The molecule has 2 rings (SSSR count). The molecular weight excluding hydrogens is 298 g/mol. The molecule has 1 aliphatic heterocycles. The van der Waals surface area contributed by atoms with E-state index in [1.165, 1.54) is 6.42 Å². The van der Waals surface area contributed by atoms with Crippen molar-refractivity contribution >= 4 is 21.8 Å². The number of amides is 1. The van der Waals surface area contributed by atoms with Crippen LogP contribution in [0.5, 0.6) is 0 Å². The molecule has 1 amide bonds. The Morgan fingerprint density at radius 1 is 1.50 bits per heavy atom. The van der Waals surface area contributed by atoms with Crippen molar-refractivity contribution in [1.82, 2.24) is 4.90 Å². The van der Waals surface area contributed by atoms with Gasteiger partial charge >= 0.3 is 0 Å². The highest BCUT2D eigenvalue weighted by atomic mass is 79.9. The van der Waals surface area contributed by atoms with Gasteiger partial charge in [-0.25, -0.2) is 0 Å². The first-order valence-electron chi connectivity index (χ1n) is 6.63. The molecule has 0 aromatic carbocycles. The molecule has 1 saturated carbocycles. The second-order valence-corrected chi connectivity index (χ2v) is 6.09. The summed E-state index contributed by atoms with van der Waals surface area (Å²) in [6.07, 6.45) is 3.94. The molecule has 4 nitrogen and oxygen atoms in total. The molecule has 0 radical (unpaired) electrons. The van der Waals surface area contributed by atoms with Crippen molar-refractivity contribution in [2.45, 2.75) is 50.4 Å². The van der Waals surface area contributed by atoms with E-state index in [1.807, 2.05) is 11.8 Å². The van der Waals surface area contributed by atoms with Gasteiger partial charge in [0.2, 0.25) is 5.91 Å². The lowest BCUT2D eigenvalue weighted by atomic mass is 9.77. The number of alkyl halides is 1. The number of ether oxygens (including phenoxy) is 2. The number of hydrogen-bond donors (Lipinski definition) is 0. The molecule has 5 heteroatoms. The smallest absolute Gasteiger partial charge is 0.225 e. The third-order valence-corrected chi connectivity index (χ3v) is 4.74. The summed E-state index contributed by atoms with van der Waals surface area (Å²) in [7, 11) is 1.72. The fraction of sp³-hybridized carbons (Fsp3) is 0.923. The van der Waals surface area contributed by atoms with Crippen LogP contribution in [-0.4, -0.2) is 54.1 Å². The highest BCUT2D eigenvalue weighted by Crippen LogP contribution is 2.38. The first-order chi connectivity index (χ1) is 8.58. The van der Waals surface area contributed by atoms with Gasteiger partial charge in [-0.05, 0) is 26.2 Å². The zero-order valence-corrected chi connectivity index (χ0v) is 12.7. The highest BCUT2D eigenvalue weighted by molar-refractivity contribution is 9.09. The first kappa shape index (κ1) is 14.3. The number of carbonyl (C=O) groups excluding carboxylic acids is 1. The van der Waals surface area contributed by atoms with Gasteiger partial charge in [-0.1, -0.05) is 15.9 Å². The molecule has 2 atom stereocenters. The zero-order chi connectivity index (χ0) is 13.2. The van der Waals surface area contributed by atoms with Crippen LogP contribution in [-0.2, 0) is 14.3 Å². The van der Waals surface area contributed by atoms with Crippen molar-refractivity contribution in [3.8, 4) is 0 Å². The van der Waals surface area contributed by atoms with E-state index in [0.717, 1.165) is 18.2 Å². The standard InChI is InChI=1S/C13H22BrNO3/c1-10-8-15(9-11(7-14)18-10)12(16)6-13(17-2)4-3-5-13/h10-11H,3-9H2,1-2H3. The summed E-state index contributed by atoms with van der Waals surface area (Å²) < 4.78 is 11.3. The number of rotatable bonds is 4. The fourth-order valence-electron chi connectivity index (χ4n) is 2.75. The van der Waals surface area contributed by atoms with E-state index in [-0.39, 0.29) is 23.7 Å². The van der Waals surface area contributed by atoms with Gasteiger partial charge in [0.1, 0.15) is 0 Å². The number of nitrogens with zero attached hydrogens (tertiary/aromatic N) is 1. The van der Waals surface area contributed by atoms with E-state index in [0.29, 0.717) is 19.5 Å². The second-order valence-electron chi connectivity index (χ2n) is 5.44. The average Bonchev–Trinajstić information content (AvgIpc) is 2.32. The molecule has 1 heterocycles. The topological polar surface area (TPSA) is 38.8 Å². The van der Waals surface area contributed by atoms with E-state index in [9.17, 15) is 4.79 Å². The van der Waals surface area contributed by atoms with E-state index < -0.39 is 0 Å². The summed E-state index contributed by atoms with van der Waals surface area (Å²) in [5.41, 5.74) is -0.178. The minimum absolute atomic E-state index is 0.109. The molecule has 0 aromatic heterocycles. The van der Waals surface area contributed by atoms with Crippen LogP contribution in [0.2, 0.25) is 0 Å². The third-order valence-electron chi connectivity index (χ3n) is 4.02. The monoisotopic (exact) mass is 319 g/mol. The van der Waals surface area contributed by atoms with Crippen molar-refractivity contribution in [3.63, 3.8) is 0 Å². The van der Waals surface area contributed by atoms with E-state index in [1.54, 1.807) is 7.11 Å². The first-order valence-corrected chi connectivity index (χ1v) is 7.75. The number of morpholine rings is 1. The van der Waals surface area contributed by atoms with Crippen molar-refractivity contribution < 1.29 is 14.3 Å². The quantitative estimate of drug-likeness (QED) is 0.743. The van der Waals surface area contributed by atoms with Crippen LogP contribution in [0, 0.1) is 0 Å². The molecule has 1 saturated heterocycles. The van der Waals surface area contributed by atoms with E-state index >= 15 is 0 Å². The van der Waals surface area contributed by atoms with Crippen LogP contribution >= 0.6 is 15.9 Å². The Balaban J connectivity index is 1.91. The Hall–Kier alpha value is -0.130. The summed E-state index contributed by atoms with van der Waals surface area (Å²) in [5, 5.41) is 0.774. The van der Waals surface area contributed by atoms with Crippen LogP contribution in [0.3, 0.4) is 0 Å². The molecular formula is C13H22BrNO3. The largest absolute Gasteiger partial charge is 0.378 e. The molecule has 2 aliphatic rings. The summed E-state index contributed by atoms with van der Waals surface area (Å²) in [6, 6.07) is 0. The van der Waals surface area contributed by atoms with Crippen molar-refractivity contribution in [3.05, 3.63) is 0 Å². The van der Waals surface area contributed by atoms with Gasteiger partial charge in [-0.2, -0.15) is 0 Å². The van der Waals surface area contributed by atoms with E-state index in [2.05, 4.69) is 15.9 Å². The van der Waals surface area contributed by atoms with Gasteiger partial charge in [-0.15, -0.1) is 0 Å². The van der Waals surface area contributed by atoms with Crippen LogP contribution < -0.4 is 0 Å². The van der Waals surface area contributed by atoms with Gasteiger partial charge in [0.05, 0.1) is 24.2 Å². The predicted octanol–water partition coefficient (Wildman–Crippen LogP) is 1.96. The SMILES string of the molecule is COC1(CC(=O)N2CC(C)OC(CBr)C2)CCC1. The normalized spacial score (nSPS) is 30.9. The van der Waals surface area contributed by atoms with Gasteiger partial charge in [0.25, 0.3) is 0 Å². The summed E-state index contributed by atoms with van der Waals surface area (Å²) in [4.78, 5) is 14.3. The predicted molar refractivity (Wildman–Crippen MR) is 72.9 cm³/mol. The van der Waals surface area contributed by atoms with Crippen molar-refractivity contribution in [1.29, 1.82) is 0 Å². The van der Waals surface area contributed by atoms with Crippen molar-refractivity contribution in [2.24, 2.45) is 0 Å². The molecule has 104 valence electrons. The molecule has 0 aromatic rings.